The number of tetrazole rings is 1. The van der Waals surface area contributed by atoms with Crippen LogP contribution < -0.4 is 5.32 Å². The SMILES string of the molecule is O=C(CNc1cccc(-c2nnnn2C2CC2)c1)N1N=C(c2ccc(Cl)cc2)C[C@@H]1c1ccco1. The van der Waals surface area contributed by atoms with Gasteiger partial charge in [0.2, 0.25) is 0 Å². The van der Waals surface area contributed by atoms with Gasteiger partial charge >= 0.3 is 0 Å². The Balaban J connectivity index is 1.20. The fraction of sp³-hybridized carbons (Fsp3) is 0.240. The van der Waals surface area contributed by atoms with Gasteiger partial charge in [-0.1, -0.05) is 35.9 Å². The summed E-state index contributed by atoms with van der Waals surface area (Å²) in [6.07, 6.45) is 4.35. The fourth-order valence-corrected chi connectivity index (χ4v) is 4.36. The van der Waals surface area contributed by atoms with Gasteiger partial charge in [0.25, 0.3) is 5.91 Å². The van der Waals surface area contributed by atoms with Crippen molar-refractivity contribution < 1.29 is 9.21 Å². The molecule has 6 rings (SSSR count). The van der Waals surface area contributed by atoms with E-state index in [-0.39, 0.29) is 18.5 Å². The van der Waals surface area contributed by atoms with Gasteiger partial charge in [-0.3, -0.25) is 4.79 Å². The highest BCUT2D eigenvalue weighted by molar-refractivity contribution is 6.30. The molecule has 4 aromatic rings. The average Bonchev–Trinajstić information content (AvgIpc) is 3.28. The number of rotatable bonds is 7. The number of nitrogens with one attached hydrogen (secondary N) is 1. The summed E-state index contributed by atoms with van der Waals surface area (Å²) in [5.74, 6) is 1.26. The Kier molecular flexibility index (Phi) is 5.54. The first-order chi connectivity index (χ1) is 17.2. The van der Waals surface area contributed by atoms with Crippen molar-refractivity contribution in [1.82, 2.24) is 25.2 Å². The molecule has 1 atom stereocenters. The zero-order valence-electron chi connectivity index (χ0n) is 18.7. The molecule has 1 aliphatic carbocycles. The summed E-state index contributed by atoms with van der Waals surface area (Å²) in [6.45, 7) is 0.0750. The number of hydrazone groups is 1. The minimum atomic E-state index is -0.306. The van der Waals surface area contributed by atoms with Gasteiger partial charge in [-0.15, -0.1) is 5.10 Å². The van der Waals surface area contributed by atoms with Crippen LogP contribution in [-0.2, 0) is 4.79 Å². The Morgan fingerprint density at radius 3 is 2.71 bits per heavy atom. The molecule has 176 valence electrons. The van der Waals surface area contributed by atoms with Crippen molar-refractivity contribution in [3.8, 4) is 11.4 Å². The molecule has 2 aromatic carbocycles. The van der Waals surface area contributed by atoms with Crippen molar-refractivity contribution in [2.24, 2.45) is 5.10 Å². The second-order valence-electron chi connectivity index (χ2n) is 8.64. The number of anilines is 1. The topological polar surface area (TPSA) is 101 Å². The average molecular weight is 488 g/mol. The second-order valence-corrected chi connectivity index (χ2v) is 9.08. The van der Waals surface area contributed by atoms with Crippen molar-refractivity contribution in [1.29, 1.82) is 0 Å². The predicted molar refractivity (Wildman–Crippen MR) is 131 cm³/mol. The molecule has 10 heteroatoms. The highest BCUT2D eigenvalue weighted by Crippen LogP contribution is 2.37. The summed E-state index contributed by atoms with van der Waals surface area (Å²) >= 11 is 6.04. The van der Waals surface area contributed by atoms with E-state index in [4.69, 9.17) is 16.0 Å². The minimum absolute atomic E-state index is 0.0750. The summed E-state index contributed by atoms with van der Waals surface area (Å²) in [7, 11) is 0. The molecule has 2 aliphatic rings. The van der Waals surface area contributed by atoms with E-state index in [0.29, 0.717) is 23.2 Å². The van der Waals surface area contributed by atoms with Crippen LogP contribution in [0.25, 0.3) is 11.4 Å². The molecule has 1 N–H and O–H groups in total. The Labute approximate surface area is 206 Å². The Hall–Kier alpha value is -3.98. The predicted octanol–water partition coefficient (Wildman–Crippen LogP) is 4.71. The van der Waals surface area contributed by atoms with Crippen LogP contribution >= 0.6 is 11.6 Å². The normalized spacial score (nSPS) is 17.5. The van der Waals surface area contributed by atoms with E-state index in [1.165, 1.54) is 5.01 Å². The first-order valence-corrected chi connectivity index (χ1v) is 11.8. The highest BCUT2D eigenvalue weighted by atomic mass is 35.5. The van der Waals surface area contributed by atoms with Crippen LogP contribution in [0.2, 0.25) is 5.02 Å². The molecule has 1 fully saturated rings. The molecule has 3 heterocycles. The maximum atomic E-state index is 13.3. The van der Waals surface area contributed by atoms with Crippen LogP contribution in [0.4, 0.5) is 5.69 Å². The van der Waals surface area contributed by atoms with Gasteiger partial charge < -0.3 is 9.73 Å². The molecule has 1 aliphatic heterocycles. The quantitative estimate of drug-likeness (QED) is 0.405. The minimum Gasteiger partial charge on any atom is -0.467 e. The zero-order chi connectivity index (χ0) is 23.8. The van der Waals surface area contributed by atoms with E-state index in [0.717, 1.165) is 41.2 Å². The summed E-state index contributed by atoms with van der Waals surface area (Å²) in [5.41, 5.74) is 3.44. The maximum Gasteiger partial charge on any atom is 0.262 e. The number of benzene rings is 2. The molecular weight excluding hydrogens is 466 g/mol. The van der Waals surface area contributed by atoms with E-state index in [1.54, 1.807) is 6.26 Å². The monoisotopic (exact) mass is 487 g/mol. The van der Waals surface area contributed by atoms with Gasteiger partial charge in [-0.2, -0.15) is 5.10 Å². The molecule has 0 spiro atoms. The number of aromatic nitrogens is 4. The molecular formula is C25H22ClN7O2. The summed E-state index contributed by atoms with van der Waals surface area (Å²) in [5, 5.41) is 22.2. The third-order valence-electron chi connectivity index (χ3n) is 6.17. The lowest BCUT2D eigenvalue weighted by Crippen LogP contribution is -2.32. The number of halogens is 1. The first kappa shape index (κ1) is 21.5. The van der Waals surface area contributed by atoms with E-state index in [1.807, 2.05) is 65.3 Å². The van der Waals surface area contributed by atoms with Gasteiger partial charge in [0.05, 0.1) is 24.6 Å². The Morgan fingerprint density at radius 1 is 1.09 bits per heavy atom. The molecule has 0 unspecified atom stereocenters. The van der Waals surface area contributed by atoms with Gasteiger partial charge in [0, 0.05) is 22.7 Å². The lowest BCUT2D eigenvalue weighted by Gasteiger charge is -2.20. The van der Waals surface area contributed by atoms with Crippen molar-refractivity contribution in [2.45, 2.75) is 31.3 Å². The van der Waals surface area contributed by atoms with Crippen LogP contribution in [0.15, 0.2) is 76.4 Å². The third kappa shape index (κ3) is 4.42. The fourth-order valence-electron chi connectivity index (χ4n) is 4.24. The standard InChI is InChI=1S/C25H22ClN7O2/c26-18-8-6-16(7-9-18)21-14-22(23-5-2-12-35-23)33(29-21)24(34)15-27-19-4-1-3-17(13-19)25-28-30-31-32(25)20-10-11-20/h1-9,12-13,20,22,27H,10-11,14-15H2/t22-/m1/s1. The van der Waals surface area contributed by atoms with Gasteiger partial charge in [-0.25, -0.2) is 9.69 Å². The number of carbonyl (C=O) groups is 1. The van der Waals surface area contributed by atoms with Crippen molar-refractivity contribution in [3.63, 3.8) is 0 Å². The zero-order valence-corrected chi connectivity index (χ0v) is 19.5. The third-order valence-corrected chi connectivity index (χ3v) is 6.42. The van der Waals surface area contributed by atoms with Crippen LogP contribution in [0, 0.1) is 0 Å². The van der Waals surface area contributed by atoms with E-state index < -0.39 is 0 Å². The number of amides is 1. The Bertz CT molecular complexity index is 1380. The van der Waals surface area contributed by atoms with E-state index in [2.05, 4.69) is 25.9 Å². The van der Waals surface area contributed by atoms with Crippen molar-refractivity contribution >= 4 is 28.9 Å². The van der Waals surface area contributed by atoms with Crippen LogP contribution in [0.5, 0.6) is 0 Å². The second kappa shape index (κ2) is 8.99. The van der Waals surface area contributed by atoms with Crippen LogP contribution in [-0.4, -0.2) is 43.4 Å². The molecule has 1 amide bonds. The number of furan rings is 1. The number of carbonyl (C=O) groups excluding carboxylic acids is 1. The number of nitrogens with zero attached hydrogens (tertiary/aromatic N) is 6. The molecule has 2 aromatic heterocycles. The lowest BCUT2D eigenvalue weighted by atomic mass is 10.0. The molecule has 0 saturated heterocycles. The summed E-state index contributed by atoms with van der Waals surface area (Å²) in [4.78, 5) is 13.3. The Morgan fingerprint density at radius 2 is 1.94 bits per heavy atom. The maximum absolute atomic E-state index is 13.3. The van der Waals surface area contributed by atoms with E-state index >= 15 is 0 Å². The van der Waals surface area contributed by atoms with Gasteiger partial charge in [0.15, 0.2) is 5.82 Å². The number of hydrogen-bond acceptors (Lipinski definition) is 7. The first-order valence-electron chi connectivity index (χ1n) is 11.5. The lowest BCUT2D eigenvalue weighted by molar-refractivity contribution is -0.131. The van der Waals surface area contributed by atoms with Crippen molar-refractivity contribution in [3.05, 3.63) is 83.3 Å². The largest absolute Gasteiger partial charge is 0.467 e. The van der Waals surface area contributed by atoms with Crippen molar-refractivity contribution in [2.75, 3.05) is 11.9 Å². The molecule has 35 heavy (non-hydrogen) atoms. The summed E-state index contributed by atoms with van der Waals surface area (Å²) in [6, 6.07) is 19.0. The highest BCUT2D eigenvalue weighted by Gasteiger charge is 2.34. The molecule has 0 radical (unpaired) electrons. The smallest absolute Gasteiger partial charge is 0.262 e. The van der Waals surface area contributed by atoms with Gasteiger partial charge in [0.1, 0.15) is 11.8 Å². The van der Waals surface area contributed by atoms with Crippen LogP contribution in [0.3, 0.4) is 0 Å². The molecule has 9 nitrogen and oxygen atoms in total. The van der Waals surface area contributed by atoms with E-state index in [9.17, 15) is 4.79 Å². The number of hydrogen-bond donors (Lipinski definition) is 1. The molecule has 0 bridgehead atoms. The molecule has 1 saturated carbocycles. The summed E-state index contributed by atoms with van der Waals surface area (Å²) < 4.78 is 7.50. The van der Waals surface area contributed by atoms with Crippen LogP contribution in [0.1, 0.15) is 42.7 Å². The van der Waals surface area contributed by atoms with Gasteiger partial charge in [-0.05, 0) is 65.2 Å².